The van der Waals surface area contributed by atoms with Gasteiger partial charge in [0.05, 0.1) is 11.2 Å². The number of likely N-dealkylation sites (tertiary alicyclic amines) is 1. The van der Waals surface area contributed by atoms with E-state index in [9.17, 15) is 14.4 Å². The Morgan fingerprint density at radius 2 is 1.64 bits per heavy atom. The molecule has 3 amide bonds. The molecule has 12 heteroatoms. The molecule has 2 fully saturated rings. The Morgan fingerprint density at radius 1 is 1.06 bits per heavy atom. The van der Waals surface area contributed by atoms with E-state index in [1.807, 2.05) is 31.2 Å². The third-order valence-electron chi connectivity index (χ3n) is 6.23. The molecule has 196 valence electrons. The second-order valence-electron chi connectivity index (χ2n) is 10.4. The van der Waals surface area contributed by atoms with Crippen molar-refractivity contribution in [2.75, 3.05) is 44.6 Å². The lowest BCUT2D eigenvalue weighted by molar-refractivity contribution is -0.137. The number of urea groups is 1. The van der Waals surface area contributed by atoms with Gasteiger partial charge < -0.3 is 21.3 Å². The smallest absolute Gasteiger partial charge is 0.338 e. The monoisotopic (exact) mass is 518 g/mol. The summed E-state index contributed by atoms with van der Waals surface area (Å²) >= 11 is 0. The fourth-order valence-electron chi connectivity index (χ4n) is 4.49. The molecule has 0 bridgehead atoms. The first-order valence-electron chi connectivity index (χ1n) is 11.8. The van der Waals surface area contributed by atoms with Gasteiger partial charge in [-0.3, -0.25) is 19.6 Å². The van der Waals surface area contributed by atoms with Crippen LogP contribution in [0.15, 0.2) is 41.3 Å². The number of carbonyl (C=O) groups is 2. The van der Waals surface area contributed by atoms with Gasteiger partial charge in [-0.15, -0.1) is 12.4 Å². The number of amides is 3. The number of hydrogen-bond donors (Lipinski definition) is 3. The fourth-order valence-corrected chi connectivity index (χ4v) is 4.49. The van der Waals surface area contributed by atoms with Gasteiger partial charge in [0, 0.05) is 57.5 Å². The maximum Gasteiger partial charge on any atom is 0.354 e. The molecule has 2 aromatic rings. The van der Waals surface area contributed by atoms with E-state index in [0.717, 1.165) is 25.2 Å². The van der Waals surface area contributed by atoms with E-state index in [1.54, 1.807) is 35.9 Å². The zero-order valence-corrected chi connectivity index (χ0v) is 21.8. The summed E-state index contributed by atoms with van der Waals surface area (Å²) in [6.07, 6.45) is 1.59. The first-order chi connectivity index (χ1) is 16.4. The highest BCUT2D eigenvalue weighted by molar-refractivity contribution is 5.89. The maximum absolute atomic E-state index is 12.6. The van der Waals surface area contributed by atoms with Crippen molar-refractivity contribution in [1.82, 2.24) is 24.3 Å². The molecule has 0 spiro atoms. The maximum atomic E-state index is 12.6. The average Bonchev–Trinajstić information content (AvgIpc) is 2.78. The number of halogens is 1. The lowest BCUT2D eigenvalue weighted by atomic mass is 9.93. The van der Waals surface area contributed by atoms with Crippen LogP contribution in [0.1, 0.15) is 26.3 Å². The number of hydrogen-bond acceptors (Lipinski definition) is 7. The van der Waals surface area contributed by atoms with Crippen molar-refractivity contribution >= 4 is 30.2 Å². The number of benzene rings is 1. The highest BCUT2D eigenvalue weighted by atomic mass is 35.5. The Hall–Kier alpha value is -2.99. The first kappa shape index (κ1) is 27.6. The highest BCUT2D eigenvalue weighted by Crippen LogP contribution is 2.20. The van der Waals surface area contributed by atoms with Gasteiger partial charge in [0.2, 0.25) is 5.91 Å². The minimum absolute atomic E-state index is 0. The van der Waals surface area contributed by atoms with E-state index in [2.05, 4.69) is 15.2 Å². The van der Waals surface area contributed by atoms with Crippen LogP contribution in [0.4, 0.5) is 10.6 Å². The highest BCUT2D eigenvalue weighted by Gasteiger charge is 2.34. The van der Waals surface area contributed by atoms with Crippen molar-refractivity contribution in [3.8, 4) is 5.69 Å². The van der Waals surface area contributed by atoms with Crippen molar-refractivity contribution in [1.29, 1.82) is 0 Å². The minimum Gasteiger partial charge on any atom is -0.338 e. The topological polar surface area (TPSA) is 143 Å². The normalized spacial score (nSPS) is 17.7. The number of aromatic nitrogens is 2. The second-order valence-corrected chi connectivity index (χ2v) is 10.4. The summed E-state index contributed by atoms with van der Waals surface area (Å²) in [4.78, 5) is 47.1. The van der Waals surface area contributed by atoms with E-state index in [-0.39, 0.29) is 35.7 Å². The fraction of sp³-hybridized carbons (Fsp3) is 0.500. The van der Waals surface area contributed by atoms with Crippen molar-refractivity contribution in [3.63, 3.8) is 0 Å². The molecule has 36 heavy (non-hydrogen) atoms. The lowest BCUT2D eigenvalue weighted by Crippen LogP contribution is -2.64. The van der Waals surface area contributed by atoms with Gasteiger partial charge in [-0.05, 0) is 44.5 Å². The molecule has 11 nitrogen and oxygen atoms in total. The Bertz CT molecular complexity index is 1140. The summed E-state index contributed by atoms with van der Waals surface area (Å²) in [5.41, 5.74) is 12.3. The SMILES string of the molecule is CC1(N)CN(Cc2ccc(-n3ccc(NC(=O)N4CCN(C(=O)C(C)(C)N)CC4)nc3=O)cc2)C1.Cl. The van der Waals surface area contributed by atoms with Crippen LogP contribution in [0.5, 0.6) is 0 Å². The Morgan fingerprint density at radius 3 is 2.17 bits per heavy atom. The zero-order valence-electron chi connectivity index (χ0n) is 20.9. The van der Waals surface area contributed by atoms with Crippen LogP contribution in [0, 0.1) is 0 Å². The molecular weight excluding hydrogens is 484 g/mol. The molecule has 2 aliphatic heterocycles. The third kappa shape index (κ3) is 6.41. The Balaban J connectivity index is 0.00000361. The predicted molar refractivity (Wildman–Crippen MR) is 140 cm³/mol. The number of carbonyl (C=O) groups excluding carboxylic acids is 2. The standard InChI is InChI=1S/C24H34N8O3.ClH/c1-23(2,25)20(33)30-10-12-31(13-11-30)21(34)27-19-8-9-32(22(35)28-19)18-6-4-17(5-7-18)14-29-15-24(3,26)16-29;/h4-9H,10-16,25-26H2,1-3H3,(H,27,28,34,35);1H. The van der Waals surface area contributed by atoms with Crippen molar-refractivity contribution in [2.45, 2.75) is 38.4 Å². The summed E-state index contributed by atoms with van der Waals surface area (Å²) in [5, 5.41) is 2.67. The summed E-state index contributed by atoms with van der Waals surface area (Å²) in [7, 11) is 0. The van der Waals surface area contributed by atoms with Crippen LogP contribution in [-0.2, 0) is 11.3 Å². The molecule has 0 atom stereocenters. The largest absolute Gasteiger partial charge is 0.354 e. The predicted octanol–water partition coefficient (Wildman–Crippen LogP) is 0.601. The van der Waals surface area contributed by atoms with Crippen molar-refractivity contribution < 1.29 is 9.59 Å². The molecule has 5 N–H and O–H groups in total. The van der Waals surface area contributed by atoms with E-state index in [1.165, 1.54) is 4.57 Å². The molecule has 1 aromatic heterocycles. The number of nitrogens with one attached hydrogen (secondary N) is 1. The van der Waals surface area contributed by atoms with Gasteiger partial charge >= 0.3 is 11.7 Å². The quantitative estimate of drug-likeness (QED) is 0.526. The van der Waals surface area contributed by atoms with E-state index in [0.29, 0.717) is 31.9 Å². The van der Waals surface area contributed by atoms with Crippen molar-refractivity contribution in [3.05, 3.63) is 52.6 Å². The van der Waals surface area contributed by atoms with Crippen molar-refractivity contribution in [2.24, 2.45) is 11.5 Å². The summed E-state index contributed by atoms with van der Waals surface area (Å²) in [5.74, 6) is 0.0343. The van der Waals surface area contributed by atoms with Crippen LogP contribution >= 0.6 is 12.4 Å². The zero-order chi connectivity index (χ0) is 25.4. The number of nitrogens with zero attached hydrogens (tertiary/aromatic N) is 5. The molecule has 0 unspecified atom stereocenters. The van der Waals surface area contributed by atoms with Gasteiger partial charge in [0.25, 0.3) is 0 Å². The van der Waals surface area contributed by atoms with Gasteiger partial charge in [0.1, 0.15) is 5.82 Å². The van der Waals surface area contributed by atoms with Gasteiger partial charge in [-0.1, -0.05) is 12.1 Å². The second kappa shape index (κ2) is 10.6. The van der Waals surface area contributed by atoms with Gasteiger partial charge in [0.15, 0.2) is 0 Å². The number of nitrogens with two attached hydrogens (primary N) is 2. The number of piperazine rings is 1. The van der Waals surface area contributed by atoms with Crippen LogP contribution in [0.2, 0.25) is 0 Å². The van der Waals surface area contributed by atoms with Crippen LogP contribution in [-0.4, -0.2) is 86.5 Å². The first-order valence-corrected chi connectivity index (χ1v) is 11.8. The summed E-state index contributed by atoms with van der Waals surface area (Å²) in [6, 6.07) is 8.95. The summed E-state index contributed by atoms with van der Waals surface area (Å²) in [6.45, 7) is 9.49. The van der Waals surface area contributed by atoms with Crippen LogP contribution in [0.3, 0.4) is 0 Å². The van der Waals surface area contributed by atoms with E-state index in [4.69, 9.17) is 11.5 Å². The van der Waals surface area contributed by atoms with Crippen LogP contribution in [0.25, 0.3) is 5.69 Å². The number of rotatable bonds is 5. The van der Waals surface area contributed by atoms with Crippen LogP contribution < -0.4 is 22.5 Å². The number of anilines is 1. The molecule has 2 aliphatic rings. The molecule has 0 aliphatic carbocycles. The van der Waals surface area contributed by atoms with Gasteiger partial charge in [-0.2, -0.15) is 4.98 Å². The molecule has 4 rings (SSSR count). The lowest BCUT2D eigenvalue weighted by Gasteiger charge is -2.45. The van der Waals surface area contributed by atoms with E-state index >= 15 is 0 Å². The molecule has 2 saturated heterocycles. The molecule has 1 aromatic carbocycles. The molecule has 3 heterocycles. The van der Waals surface area contributed by atoms with Gasteiger partial charge in [-0.25, -0.2) is 9.59 Å². The van der Waals surface area contributed by atoms with E-state index < -0.39 is 11.2 Å². The third-order valence-corrected chi connectivity index (χ3v) is 6.23. The Kier molecular flexibility index (Phi) is 8.09. The minimum atomic E-state index is -0.945. The summed E-state index contributed by atoms with van der Waals surface area (Å²) < 4.78 is 1.43. The molecule has 0 radical (unpaired) electrons. The Labute approximate surface area is 216 Å². The molecule has 0 saturated carbocycles. The molecular formula is C24H35ClN8O3. The average molecular weight is 519 g/mol.